The van der Waals surface area contributed by atoms with Crippen LogP contribution in [0.15, 0.2) is 24.3 Å². The molecule has 0 saturated heterocycles. The Kier molecular flexibility index (Phi) is 5.42. The van der Waals surface area contributed by atoms with E-state index < -0.39 is 0 Å². The van der Waals surface area contributed by atoms with Gasteiger partial charge in [0.1, 0.15) is 5.75 Å². The number of aryl methyl sites for hydroxylation is 3. The third-order valence-corrected chi connectivity index (χ3v) is 3.75. The molecule has 1 aromatic heterocycles. The van der Waals surface area contributed by atoms with E-state index in [2.05, 4.69) is 45.0 Å². The summed E-state index contributed by atoms with van der Waals surface area (Å²) in [4.78, 5) is 2.69. The molecule has 0 amide bonds. The van der Waals surface area contributed by atoms with Gasteiger partial charge in [-0.15, -0.1) is 11.3 Å². The summed E-state index contributed by atoms with van der Waals surface area (Å²) >= 11 is 1.84. The normalized spacial score (nSPS) is 9.67. The molecule has 0 N–H and O–H groups in total. The van der Waals surface area contributed by atoms with E-state index in [1.165, 1.54) is 26.4 Å². The summed E-state index contributed by atoms with van der Waals surface area (Å²) in [5.74, 6) is 0.937. The standard InChI is InChI=1S/C14H16OS.C2H6/c1-9-7-12(15-4)8-10(2)14(9)13-6-5-11(3)16-13;1-2/h5-8H,1-4H3;1-2H3. The third kappa shape index (κ3) is 3.14. The zero-order chi connectivity index (χ0) is 13.7. The summed E-state index contributed by atoms with van der Waals surface area (Å²) in [6, 6.07) is 8.56. The predicted molar refractivity (Wildman–Crippen MR) is 81.9 cm³/mol. The minimum Gasteiger partial charge on any atom is -0.497 e. The maximum Gasteiger partial charge on any atom is 0.119 e. The zero-order valence-electron chi connectivity index (χ0n) is 12.1. The summed E-state index contributed by atoms with van der Waals surface area (Å²) in [5, 5.41) is 0. The molecule has 0 saturated carbocycles. The van der Waals surface area contributed by atoms with Crippen molar-refractivity contribution in [3.63, 3.8) is 0 Å². The summed E-state index contributed by atoms with van der Waals surface area (Å²) < 4.78 is 5.28. The fourth-order valence-corrected chi connectivity index (χ4v) is 3.04. The molecule has 2 rings (SSSR count). The first-order chi connectivity index (χ1) is 8.61. The van der Waals surface area contributed by atoms with Crippen molar-refractivity contribution in [3.05, 3.63) is 40.3 Å². The van der Waals surface area contributed by atoms with Crippen molar-refractivity contribution >= 4 is 11.3 Å². The van der Waals surface area contributed by atoms with Crippen LogP contribution in [0.5, 0.6) is 5.75 Å². The first kappa shape index (κ1) is 14.8. The van der Waals surface area contributed by atoms with Crippen LogP contribution in [0.1, 0.15) is 29.9 Å². The summed E-state index contributed by atoms with van der Waals surface area (Å²) in [6.07, 6.45) is 0. The summed E-state index contributed by atoms with van der Waals surface area (Å²) in [5.41, 5.74) is 3.90. The number of benzene rings is 1. The summed E-state index contributed by atoms with van der Waals surface area (Å²) in [6.45, 7) is 10.4. The van der Waals surface area contributed by atoms with Gasteiger partial charge < -0.3 is 4.74 Å². The van der Waals surface area contributed by atoms with Crippen LogP contribution in [-0.2, 0) is 0 Å². The number of hydrogen-bond acceptors (Lipinski definition) is 2. The van der Waals surface area contributed by atoms with Gasteiger partial charge in [0.15, 0.2) is 0 Å². The van der Waals surface area contributed by atoms with Crippen LogP contribution in [0.2, 0.25) is 0 Å². The van der Waals surface area contributed by atoms with E-state index in [1.807, 2.05) is 25.2 Å². The molecule has 0 spiro atoms. The van der Waals surface area contributed by atoms with E-state index in [-0.39, 0.29) is 0 Å². The Bertz CT molecular complexity index is 489. The molecule has 0 bridgehead atoms. The Morgan fingerprint density at radius 2 is 1.50 bits per heavy atom. The minimum atomic E-state index is 0.937. The maximum absolute atomic E-state index is 5.28. The molecule has 0 atom stereocenters. The largest absolute Gasteiger partial charge is 0.497 e. The van der Waals surface area contributed by atoms with E-state index in [4.69, 9.17) is 4.74 Å². The van der Waals surface area contributed by atoms with Gasteiger partial charge in [-0.3, -0.25) is 0 Å². The topological polar surface area (TPSA) is 9.23 Å². The van der Waals surface area contributed by atoms with E-state index in [0.717, 1.165) is 5.75 Å². The number of hydrogen-bond donors (Lipinski definition) is 0. The highest BCUT2D eigenvalue weighted by Crippen LogP contribution is 2.35. The Morgan fingerprint density at radius 1 is 0.944 bits per heavy atom. The number of rotatable bonds is 2. The molecule has 0 aliphatic heterocycles. The molecular formula is C16H22OS. The van der Waals surface area contributed by atoms with Crippen molar-refractivity contribution in [3.8, 4) is 16.2 Å². The first-order valence-corrected chi connectivity index (χ1v) is 7.15. The molecule has 0 aliphatic carbocycles. The van der Waals surface area contributed by atoms with Crippen molar-refractivity contribution in [1.29, 1.82) is 0 Å². The van der Waals surface area contributed by atoms with Crippen LogP contribution in [-0.4, -0.2) is 7.11 Å². The van der Waals surface area contributed by atoms with E-state index in [9.17, 15) is 0 Å². The van der Waals surface area contributed by atoms with Gasteiger partial charge in [0.2, 0.25) is 0 Å². The van der Waals surface area contributed by atoms with Gasteiger partial charge in [-0.2, -0.15) is 0 Å². The van der Waals surface area contributed by atoms with Crippen molar-refractivity contribution in [1.82, 2.24) is 0 Å². The molecule has 18 heavy (non-hydrogen) atoms. The Balaban J connectivity index is 0.000000771. The monoisotopic (exact) mass is 262 g/mol. The molecule has 0 fully saturated rings. The molecule has 0 radical (unpaired) electrons. The van der Waals surface area contributed by atoms with Crippen molar-refractivity contribution in [2.24, 2.45) is 0 Å². The first-order valence-electron chi connectivity index (χ1n) is 6.34. The Morgan fingerprint density at radius 3 is 1.89 bits per heavy atom. The smallest absolute Gasteiger partial charge is 0.119 e. The summed E-state index contributed by atoms with van der Waals surface area (Å²) in [7, 11) is 1.71. The van der Waals surface area contributed by atoms with Gasteiger partial charge in [-0.1, -0.05) is 13.8 Å². The molecule has 1 heterocycles. The van der Waals surface area contributed by atoms with Crippen LogP contribution in [0, 0.1) is 20.8 Å². The van der Waals surface area contributed by atoms with Gasteiger partial charge in [-0.05, 0) is 61.7 Å². The molecule has 0 unspecified atom stereocenters. The molecule has 0 aliphatic rings. The van der Waals surface area contributed by atoms with Crippen LogP contribution in [0.4, 0.5) is 0 Å². The van der Waals surface area contributed by atoms with Crippen LogP contribution < -0.4 is 4.74 Å². The fraction of sp³-hybridized carbons (Fsp3) is 0.375. The second-order valence-corrected chi connectivity index (χ2v) is 5.33. The highest BCUT2D eigenvalue weighted by Gasteiger charge is 2.09. The molecule has 2 heteroatoms. The zero-order valence-corrected chi connectivity index (χ0v) is 12.9. The van der Waals surface area contributed by atoms with Gasteiger partial charge >= 0.3 is 0 Å². The van der Waals surface area contributed by atoms with Gasteiger partial charge in [0.05, 0.1) is 7.11 Å². The Hall–Kier alpha value is -1.28. The lowest BCUT2D eigenvalue weighted by atomic mass is 10.0. The average Bonchev–Trinajstić information content (AvgIpc) is 2.77. The predicted octanol–water partition coefficient (Wildman–Crippen LogP) is 5.38. The van der Waals surface area contributed by atoms with E-state index in [1.54, 1.807) is 7.11 Å². The third-order valence-electron chi connectivity index (χ3n) is 2.73. The molecule has 1 nitrogen and oxygen atoms in total. The van der Waals surface area contributed by atoms with Crippen molar-refractivity contribution < 1.29 is 4.74 Å². The highest BCUT2D eigenvalue weighted by atomic mass is 32.1. The Labute approximate surface area is 114 Å². The van der Waals surface area contributed by atoms with E-state index in [0.29, 0.717) is 0 Å². The maximum atomic E-state index is 5.28. The van der Waals surface area contributed by atoms with Crippen LogP contribution in [0.25, 0.3) is 10.4 Å². The van der Waals surface area contributed by atoms with Gasteiger partial charge in [0.25, 0.3) is 0 Å². The van der Waals surface area contributed by atoms with Gasteiger partial charge in [0, 0.05) is 9.75 Å². The lowest BCUT2D eigenvalue weighted by Crippen LogP contribution is -1.90. The second kappa shape index (κ2) is 6.60. The van der Waals surface area contributed by atoms with Crippen LogP contribution >= 0.6 is 11.3 Å². The molecule has 98 valence electrons. The number of thiophene rings is 1. The molecule has 1 aromatic carbocycles. The number of ether oxygens (including phenoxy) is 1. The second-order valence-electron chi connectivity index (χ2n) is 4.05. The van der Waals surface area contributed by atoms with Gasteiger partial charge in [-0.25, -0.2) is 0 Å². The van der Waals surface area contributed by atoms with Crippen LogP contribution in [0.3, 0.4) is 0 Å². The van der Waals surface area contributed by atoms with Crippen molar-refractivity contribution in [2.45, 2.75) is 34.6 Å². The highest BCUT2D eigenvalue weighted by molar-refractivity contribution is 7.15. The lowest BCUT2D eigenvalue weighted by Gasteiger charge is -2.10. The fourth-order valence-electron chi connectivity index (χ4n) is 2.00. The lowest BCUT2D eigenvalue weighted by molar-refractivity contribution is 0.414. The minimum absolute atomic E-state index is 0.937. The number of methoxy groups -OCH3 is 1. The van der Waals surface area contributed by atoms with Crippen molar-refractivity contribution in [2.75, 3.05) is 7.11 Å². The van der Waals surface area contributed by atoms with E-state index >= 15 is 0 Å². The average molecular weight is 262 g/mol. The molecule has 2 aromatic rings. The quantitative estimate of drug-likeness (QED) is 0.706. The molecular weight excluding hydrogens is 240 g/mol. The SMILES string of the molecule is CC.COc1cc(C)c(-c2ccc(C)s2)c(C)c1.